The third-order valence-electron chi connectivity index (χ3n) is 2.61. The van der Waals surface area contributed by atoms with Crippen LogP contribution in [0.2, 0.25) is 0 Å². The van der Waals surface area contributed by atoms with Crippen molar-refractivity contribution in [1.29, 1.82) is 0 Å². The minimum absolute atomic E-state index is 0.491. The van der Waals surface area contributed by atoms with E-state index in [9.17, 15) is 19.8 Å². The molecule has 2 rings (SSSR count). The van der Waals surface area contributed by atoms with E-state index >= 15 is 0 Å². The number of aromatic amines is 1. The number of aliphatic hydroxyl groups excluding tert-OH is 2. The van der Waals surface area contributed by atoms with Crippen molar-refractivity contribution in [3.05, 3.63) is 33.1 Å². The summed E-state index contributed by atoms with van der Waals surface area (Å²) in [6.45, 7) is 0. The van der Waals surface area contributed by atoms with Crippen molar-refractivity contribution >= 4 is 22.6 Å². The molecule has 0 bridgehead atoms. The summed E-state index contributed by atoms with van der Waals surface area (Å²) < 4.78 is 6.92. The fraction of sp³-hybridized carbons (Fsp3) is 0.556. The van der Waals surface area contributed by atoms with Crippen LogP contribution in [0.1, 0.15) is 6.23 Å². The van der Waals surface area contributed by atoms with E-state index in [0.29, 0.717) is 4.43 Å². The normalized spacial score (nSPS) is 32.9. The van der Waals surface area contributed by atoms with Gasteiger partial charge in [0, 0.05) is 16.7 Å². The highest BCUT2D eigenvalue weighted by atomic mass is 127. The Bertz CT molecular complexity index is 513. The van der Waals surface area contributed by atoms with Gasteiger partial charge in [-0.3, -0.25) is 14.3 Å². The van der Waals surface area contributed by atoms with Crippen molar-refractivity contribution in [3.63, 3.8) is 0 Å². The zero-order valence-corrected chi connectivity index (χ0v) is 10.8. The first kappa shape index (κ1) is 12.7. The van der Waals surface area contributed by atoms with Crippen LogP contribution in [0, 0.1) is 0 Å². The number of hydrogen-bond acceptors (Lipinski definition) is 5. The molecular weight excluding hydrogens is 343 g/mol. The summed E-state index contributed by atoms with van der Waals surface area (Å²) in [5.41, 5.74) is -1.20. The number of nitrogens with zero attached hydrogens (tertiary/aromatic N) is 1. The Morgan fingerprint density at radius 3 is 2.65 bits per heavy atom. The number of rotatable bonds is 2. The third-order valence-corrected chi connectivity index (χ3v) is 3.48. The maximum atomic E-state index is 11.5. The number of nitrogens with one attached hydrogen (secondary N) is 1. The lowest BCUT2D eigenvalue weighted by molar-refractivity contribution is -0.0335. The first-order valence-corrected chi connectivity index (χ1v) is 6.46. The first-order valence-electron chi connectivity index (χ1n) is 4.93. The van der Waals surface area contributed by atoms with Crippen molar-refractivity contribution in [1.82, 2.24) is 9.55 Å². The van der Waals surface area contributed by atoms with E-state index in [1.807, 2.05) is 22.6 Å². The average Bonchev–Trinajstić information content (AvgIpc) is 2.57. The summed E-state index contributed by atoms with van der Waals surface area (Å²) in [4.78, 5) is 24.5. The molecule has 1 aliphatic rings. The van der Waals surface area contributed by atoms with Crippen molar-refractivity contribution < 1.29 is 14.9 Å². The van der Waals surface area contributed by atoms with Crippen LogP contribution in [-0.2, 0) is 4.74 Å². The number of hydrogen-bond donors (Lipinski definition) is 3. The van der Waals surface area contributed by atoms with Gasteiger partial charge in [0.2, 0.25) is 0 Å². The van der Waals surface area contributed by atoms with Crippen LogP contribution in [0.4, 0.5) is 0 Å². The van der Waals surface area contributed by atoms with E-state index < -0.39 is 35.8 Å². The molecule has 1 saturated heterocycles. The van der Waals surface area contributed by atoms with Crippen molar-refractivity contribution in [3.8, 4) is 0 Å². The smallest absolute Gasteiger partial charge is 0.330 e. The first-order chi connectivity index (χ1) is 8.04. The topological polar surface area (TPSA) is 105 Å². The standard InChI is InChI=1S/C9H11IN2O5/c10-3-4-6(14)7(15)8(17-4)12-2-1-5(13)11-9(12)16/h1-2,4,6-8,14-15H,3H2,(H,11,13,16)/t4-,6?,7+,8-/m1/s1. The zero-order valence-electron chi connectivity index (χ0n) is 8.62. The molecule has 1 fully saturated rings. The monoisotopic (exact) mass is 354 g/mol. The Morgan fingerprint density at radius 2 is 2.12 bits per heavy atom. The summed E-state index contributed by atoms with van der Waals surface area (Å²) >= 11 is 2.02. The molecule has 0 aliphatic carbocycles. The molecule has 1 aromatic rings. The van der Waals surface area contributed by atoms with Gasteiger partial charge in [-0.2, -0.15) is 0 Å². The molecule has 94 valence electrons. The Kier molecular flexibility index (Phi) is 3.66. The quantitative estimate of drug-likeness (QED) is 0.447. The molecule has 1 aliphatic heterocycles. The molecule has 1 unspecified atom stereocenters. The van der Waals surface area contributed by atoms with E-state index in [1.54, 1.807) is 0 Å². The molecule has 8 heteroatoms. The number of aromatic nitrogens is 2. The lowest BCUT2D eigenvalue weighted by Crippen LogP contribution is -2.37. The van der Waals surface area contributed by atoms with Gasteiger partial charge in [0.15, 0.2) is 6.23 Å². The van der Waals surface area contributed by atoms with Gasteiger partial charge < -0.3 is 14.9 Å². The maximum absolute atomic E-state index is 11.5. The van der Waals surface area contributed by atoms with Gasteiger partial charge >= 0.3 is 5.69 Å². The summed E-state index contributed by atoms with van der Waals surface area (Å²) in [7, 11) is 0. The van der Waals surface area contributed by atoms with Crippen LogP contribution >= 0.6 is 22.6 Å². The Labute approximate surface area is 109 Å². The Balaban J connectivity index is 2.35. The highest BCUT2D eigenvalue weighted by Gasteiger charge is 2.43. The predicted molar refractivity (Wildman–Crippen MR) is 66.1 cm³/mol. The van der Waals surface area contributed by atoms with Gasteiger partial charge in [-0.25, -0.2) is 4.79 Å². The number of halogens is 1. The zero-order chi connectivity index (χ0) is 12.6. The number of aliphatic hydroxyl groups is 2. The number of alkyl halides is 1. The van der Waals surface area contributed by atoms with Crippen molar-refractivity contribution in [2.24, 2.45) is 0 Å². The summed E-state index contributed by atoms with van der Waals surface area (Å²) in [6.07, 6.45) is -2.52. The van der Waals surface area contributed by atoms with Gasteiger partial charge in [0.25, 0.3) is 5.56 Å². The van der Waals surface area contributed by atoms with Gasteiger partial charge in [0.1, 0.15) is 12.2 Å². The highest BCUT2D eigenvalue weighted by Crippen LogP contribution is 2.28. The van der Waals surface area contributed by atoms with Crippen LogP contribution in [0.15, 0.2) is 21.9 Å². The molecule has 17 heavy (non-hydrogen) atoms. The van der Waals surface area contributed by atoms with Crippen LogP contribution < -0.4 is 11.2 Å². The molecule has 0 saturated carbocycles. The molecule has 0 amide bonds. The summed E-state index contributed by atoms with van der Waals surface area (Å²) in [5.74, 6) is 0. The SMILES string of the molecule is O=c1ccn([C@@H]2O[C@H](CI)C(O)[C@@H]2O)c(=O)[nH]1. The van der Waals surface area contributed by atoms with Gasteiger partial charge in [0.05, 0.1) is 6.10 Å². The van der Waals surface area contributed by atoms with Gasteiger partial charge in [-0.1, -0.05) is 22.6 Å². The second-order valence-corrected chi connectivity index (χ2v) is 4.60. The van der Waals surface area contributed by atoms with Gasteiger partial charge in [-0.05, 0) is 0 Å². The van der Waals surface area contributed by atoms with Crippen LogP contribution in [-0.4, -0.2) is 42.5 Å². The lowest BCUT2D eigenvalue weighted by atomic mass is 10.1. The molecule has 7 nitrogen and oxygen atoms in total. The second kappa shape index (κ2) is 4.88. The third kappa shape index (κ3) is 2.30. The molecule has 2 heterocycles. The molecule has 4 atom stereocenters. The Morgan fingerprint density at radius 1 is 1.41 bits per heavy atom. The number of ether oxygens (including phenoxy) is 1. The average molecular weight is 354 g/mol. The van der Waals surface area contributed by atoms with Crippen LogP contribution in [0.25, 0.3) is 0 Å². The minimum Gasteiger partial charge on any atom is -0.387 e. The largest absolute Gasteiger partial charge is 0.387 e. The van der Waals surface area contributed by atoms with E-state index in [1.165, 1.54) is 6.20 Å². The minimum atomic E-state index is -1.20. The summed E-state index contributed by atoms with van der Waals surface area (Å²) in [5, 5.41) is 19.4. The Hall–Kier alpha value is -0.710. The van der Waals surface area contributed by atoms with Crippen molar-refractivity contribution in [2.75, 3.05) is 4.43 Å². The van der Waals surface area contributed by atoms with E-state index in [2.05, 4.69) is 4.98 Å². The summed E-state index contributed by atoms with van der Waals surface area (Å²) in [6, 6.07) is 1.15. The van der Waals surface area contributed by atoms with E-state index in [4.69, 9.17) is 4.74 Å². The molecule has 1 aromatic heterocycles. The van der Waals surface area contributed by atoms with Gasteiger partial charge in [-0.15, -0.1) is 0 Å². The highest BCUT2D eigenvalue weighted by molar-refractivity contribution is 14.1. The number of H-pyrrole nitrogens is 1. The molecule has 0 aromatic carbocycles. The fourth-order valence-electron chi connectivity index (χ4n) is 1.71. The second-order valence-electron chi connectivity index (χ2n) is 3.72. The molecule has 0 radical (unpaired) electrons. The van der Waals surface area contributed by atoms with E-state index in [0.717, 1.165) is 10.6 Å². The molecular formula is C9H11IN2O5. The van der Waals surface area contributed by atoms with E-state index in [-0.39, 0.29) is 0 Å². The van der Waals surface area contributed by atoms with Crippen LogP contribution in [0.3, 0.4) is 0 Å². The van der Waals surface area contributed by atoms with Crippen LogP contribution in [0.5, 0.6) is 0 Å². The fourth-order valence-corrected chi connectivity index (χ4v) is 2.44. The van der Waals surface area contributed by atoms with Crippen molar-refractivity contribution in [2.45, 2.75) is 24.5 Å². The lowest BCUT2D eigenvalue weighted by Gasteiger charge is -2.16. The predicted octanol–water partition coefficient (Wildman–Crippen LogP) is -1.41. The molecule has 0 spiro atoms. The maximum Gasteiger partial charge on any atom is 0.330 e. The molecule has 3 N–H and O–H groups in total.